The molecule has 2 fully saturated rings. The molecule has 40 heavy (non-hydrogen) atoms. The maximum absolute atomic E-state index is 12.8. The van der Waals surface area contributed by atoms with Crippen LogP contribution in [0.4, 0.5) is 0 Å². The van der Waals surface area contributed by atoms with E-state index in [1.807, 2.05) is 0 Å². The number of carbonyl (C=O) groups is 6. The van der Waals surface area contributed by atoms with Crippen molar-refractivity contribution in [2.75, 3.05) is 14.2 Å². The monoisotopic (exact) mass is 578 g/mol. The fourth-order valence-corrected chi connectivity index (χ4v) is 4.33. The zero-order valence-electron chi connectivity index (χ0n) is 23.3. The minimum Gasteiger partial charge on any atom is -0.467 e. The summed E-state index contributed by atoms with van der Waals surface area (Å²) in [6.07, 6.45) is -14.5. The van der Waals surface area contributed by atoms with Crippen molar-refractivity contribution in [3.05, 3.63) is 0 Å². The molecule has 10 atom stereocenters. The van der Waals surface area contributed by atoms with Gasteiger partial charge in [-0.2, -0.15) is 0 Å². The molecule has 16 heteroatoms. The van der Waals surface area contributed by atoms with Gasteiger partial charge in [0.25, 0.3) is 0 Å². The summed E-state index contributed by atoms with van der Waals surface area (Å²) < 4.78 is 54.3. The predicted molar refractivity (Wildman–Crippen MR) is 125 cm³/mol. The van der Waals surface area contributed by atoms with E-state index in [2.05, 4.69) is 0 Å². The summed E-state index contributed by atoms with van der Waals surface area (Å²) >= 11 is 0. The van der Waals surface area contributed by atoms with E-state index in [9.17, 15) is 28.8 Å². The highest BCUT2D eigenvalue weighted by Gasteiger charge is 2.58. The number of esters is 6. The van der Waals surface area contributed by atoms with E-state index in [0.717, 1.165) is 41.7 Å². The molecule has 2 aliphatic heterocycles. The topological polar surface area (TPSA) is 195 Å². The second kappa shape index (κ2) is 14.3. The quantitative estimate of drug-likeness (QED) is 0.246. The van der Waals surface area contributed by atoms with Crippen molar-refractivity contribution in [2.45, 2.75) is 103 Å². The Morgan fingerprint density at radius 2 is 0.925 bits per heavy atom. The van der Waals surface area contributed by atoms with Crippen LogP contribution in [0.2, 0.25) is 0 Å². The standard InChI is InChI=1S/C24H34O16/c1-9-15(34-10(2)25)16(35-11(3)26)21(38-14(6)29)24(33-9)39-17-18(36-12(4)27)20(37-13(5)28)23(32-8)40-19(17)22(30)31-7/h9,15-21,23-24H,1-8H3/t9-,15-,16+,17-,18-,19-,20+,21+,23-,24-/m0/s1. The zero-order valence-corrected chi connectivity index (χ0v) is 23.3. The third-order valence-electron chi connectivity index (χ3n) is 5.69. The molecule has 0 spiro atoms. The van der Waals surface area contributed by atoms with Gasteiger partial charge in [0.05, 0.1) is 13.2 Å². The molecular weight excluding hydrogens is 544 g/mol. The van der Waals surface area contributed by atoms with Gasteiger partial charge in [-0.25, -0.2) is 4.79 Å². The fourth-order valence-electron chi connectivity index (χ4n) is 4.33. The third kappa shape index (κ3) is 8.33. The first-order chi connectivity index (χ1) is 18.7. The highest BCUT2D eigenvalue weighted by atomic mass is 16.8. The second-order valence-corrected chi connectivity index (χ2v) is 8.86. The van der Waals surface area contributed by atoms with Crippen LogP contribution in [-0.4, -0.2) is 111 Å². The SMILES string of the molecule is COC(=O)[C@H]1O[C@H](OC)[C@H](OC(C)=O)[C@@H](OC(C)=O)[C@@H]1O[C@@H]1O[C@@H](C)[C@H](OC(C)=O)[C@@H](OC(C)=O)[C@H]1OC(C)=O. The van der Waals surface area contributed by atoms with E-state index in [0.29, 0.717) is 0 Å². The van der Waals surface area contributed by atoms with Crippen molar-refractivity contribution in [3.63, 3.8) is 0 Å². The molecule has 2 aliphatic rings. The van der Waals surface area contributed by atoms with Crippen LogP contribution < -0.4 is 0 Å². The van der Waals surface area contributed by atoms with Crippen molar-refractivity contribution in [3.8, 4) is 0 Å². The molecule has 0 unspecified atom stereocenters. The predicted octanol–water partition coefficient (Wildman–Crippen LogP) is -0.681. The smallest absolute Gasteiger partial charge is 0.338 e. The molecule has 0 N–H and O–H groups in total. The summed E-state index contributed by atoms with van der Waals surface area (Å²) in [5.74, 6) is -5.05. The Hall–Kier alpha value is -3.34. The highest BCUT2D eigenvalue weighted by Crippen LogP contribution is 2.35. The van der Waals surface area contributed by atoms with Gasteiger partial charge < -0.3 is 47.4 Å². The Morgan fingerprint density at radius 1 is 0.525 bits per heavy atom. The lowest BCUT2D eigenvalue weighted by Crippen LogP contribution is -2.67. The average molecular weight is 579 g/mol. The first-order valence-corrected chi connectivity index (χ1v) is 12.1. The van der Waals surface area contributed by atoms with Crippen LogP contribution in [0.5, 0.6) is 0 Å². The molecule has 16 nitrogen and oxygen atoms in total. The molecule has 2 heterocycles. The first-order valence-electron chi connectivity index (χ1n) is 12.1. The number of rotatable bonds is 9. The third-order valence-corrected chi connectivity index (χ3v) is 5.69. The summed E-state index contributed by atoms with van der Waals surface area (Å²) in [4.78, 5) is 72.5. The summed E-state index contributed by atoms with van der Waals surface area (Å²) in [6.45, 7) is 6.87. The molecule has 0 radical (unpaired) electrons. The number of hydrogen-bond acceptors (Lipinski definition) is 16. The summed E-state index contributed by atoms with van der Waals surface area (Å²) in [7, 11) is 2.26. The van der Waals surface area contributed by atoms with Crippen molar-refractivity contribution in [1.82, 2.24) is 0 Å². The number of ether oxygens (including phenoxy) is 10. The molecule has 0 aliphatic carbocycles. The number of carbonyl (C=O) groups excluding carboxylic acids is 6. The Morgan fingerprint density at radius 3 is 1.35 bits per heavy atom. The summed E-state index contributed by atoms with van der Waals surface area (Å²) in [5, 5.41) is 0. The largest absolute Gasteiger partial charge is 0.467 e. The van der Waals surface area contributed by atoms with Crippen LogP contribution in [-0.2, 0) is 76.1 Å². The van der Waals surface area contributed by atoms with E-state index in [1.165, 1.54) is 14.0 Å². The minimum atomic E-state index is -1.65. The van der Waals surface area contributed by atoms with Crippen LogP contribution in [0.3, 0.4) is 0 Å². The first kappa shape index (κ1) is 32.9. The molecule has 0 amide bonds. The maximum atomic E-state index is 12.8. The maximum Gasteiger partial charge on any atom is 0.338 e. The molecule has 0 aromatic carbocycles. The lowest BCUT2D eigenvalue weighted by molar-refractivity contribution is -0.351. The molecule has 0 aromatic heterocycles. The lowest BCUT2D eigenvalue weighted by atomic mass is 9.96. The van der Waals surface area contributed by atoms with Gasteiger partial charge in [-0.15, -0.1) is 0 Å². The van der Waals surface area contributed by atoms with Gasteiger partial charge in [-0.1, -0.05) is 0 Å². The van der Waals surface area contributed by atoms with Gasteiger partial charge in [-0.05, 0) is 6.92 Å². The average Bonchev–Trinajstić information content (AvgIpc) is 2.83. The van der Waals surface area contributed by atoms with Crippen molar-refractivity contribution >= 4 is 35.8 Å². The molecule has 0 saturated carbocycles. The van der Waals surface area contributed by atoms with E-state index < -0.39 is 97.2 Å². The van der Waals surface area contributed by atoms with Crippen molar-refractivity contribution in [2.24, 2.45) is 0 Å². The van der Waals surface area contributed by atoms with Crippen molar-refractivity contribution < 1.29 is 76.1 Å². The lowest BCUT2D eigenvalue weighted by Gasteiger charge is -2.47. The Bertz CT molecular complexity index is 965. The van der Waals surface area contributed by atoms with Crippen LogP contribution in [0.25, 0.3) is 0 Å². The van der Waals surface area contributed by atoms with Gasteiger partial charge in [0.2, 0.25) is 0 Å². The van der Waals surface area contributed by atoms with Crippen LogP contribution >= 0.6 is 0 Å². The molecule has 0 aromatic rings. The normalized spacial score (nSPS) is 33.6. The van der Waals surface area contributed by atoms with Crippen LogP contribution in [0, 0.1) is 0 Å². The number of hydrogen-bond donors (Lipinski definition) is 0. The minimum absolute atomic E-state index is 0.741. The molecule has 2 saturated heterocycles. The summed E-state index contributed by atoms with van der Waals surface area (Å²) in [5.41, 5.74) is 0. The van der Waals surface area contributed by atoms with Gasteiger partial charge in [-0.3, -0.25) is 24.0 Å². The molecule has 2 rings (SSSR count). The number of methoxy groups -OCH3 is 2. The van der Waals surface area contributed by atoms with Crippen LogP contribution in [0.15, 0.2) is 0 Å². The van der Waals surface area contributed by atoms with Gasteiger partial charge in [0.1, 0.15) is 6.10 Å². The Kier molecular flexibility index (Phi) is 11.8. The Labute approximate surface area is 229 Å². The van der Waals surface area contributed by atoms with Gasteiger partial charge in [0.15, 0.2) is 49.2 Å². The van der Waals surface area contributed by atoms with Gasteiger partial charge in [0, 0.05) is 41.7 Å². The van der Waals surface area contributed by atoms with Crippen molar-refractivity contribution in [1.29, 1.82) is 0 Å². The molecule has 226 valence electrons. The summed E-state index contributed by atoms with van der Waals surface area (Å²) in [6, 6.07) is 0. The van der Waals surface area contributed by atoms with E-state index >= 15 is 0 Å². The second-order valence-electron chi connectivity index (χ2n) is 8.86. The van der Waals surface area contributed by atoms with E-state index in [-0.39, 0.29) is 0 Å². The molecule has 0 bridgehead atoms. The fraction of sp³-hybridized carbons (Fsp3) is 0.750. The van der Waals surface area contributed by atoms with E-state index in [4.69, 9.17) is 47.4 Å². The van der Waals surface area contributed by atoms with Gasteiger partial charge >= 0.3 is 35.8 Å². The van der Waals surface area contributed by atoms with E-state index in [1.54, 1.807) is 0 Å². The zero-order chi connectivity index (χ0) is 30.3. The Balaban J connectivity index is 2.61. The molecular formula is C24H34O16. The highest BCUT2D eigenvalue weighted by molar-refractivity contribution is 5.76. The van der Waals surface area contributed by atoms with Crippen LogP contribution in [0.1, 0.15) is 41.5 Å².